The van der Waals surface area contributed by atoms with Gasteiger partial charge in [0.2, 0.25) is 0 Å². The molecule has 196 valence electrons. The van der Waals surface area contributed by atoms with Crippen molar-refractivity contribution in [1.29, 1.82) is 0 Å². The number of unbranched alkanes of at least 4 members (excludes halogenated alkanes) is 1. The Hall–Kier alpha value is -3.45. The Kier molecular flexibility index (Phi) is 9.12. The molecule has 1 aromatic heterocycles. The van der Waals surface area contributed by atoms with E-state index in [9.17, 15) is 9.59 Å². The van der Waals surface area contributed by atoms with Gasteiger partial charge in [-0.15, -0.1) is 0 Å². The van der Waals surface area contributed by atoms with Gasteiger partial charge in [0.1, 0.15) is 5.76 Å². The zero-order chi connectivity index (χ0) is 26.2. The first-order valence-electron chi connectivity index (χ1n) is 13.0. The Morgan fingerprint density at radius 3 is 2.43 bits per heavy atom. The van der Waals surface area contributed by atoms with Crippen molar-refractivity contribution in [3.63, 3.8) is 0 Å². The predicted octanol–water partition coefficient (Wildman–Crippen LogP) is 7.32. The fraction of sp³-hybridized carbons (Fsp3) is 0.379. The van der Waals surface area contributed by atoms with Crippen molar-refractivity contribution in [2.45, 2.75) is 52.5 Å². The molecule has 0 bridgehead atoms. The van der Waals surface area contributed by atoms with Gasteiger partial charge in [-0.2, -0.15) is 0 Å². The van der Waals surface area contributed by atoms with Crippen LogP contribution in [0.25, 0.3) is 0 Å². The van der Waals surface area contributed by atoms with Crippen LogP contribution in [-0.4, -0.2) is 36.5 Å². The average Bonchev–Trinajstić information content (AvgIpc) is 3.42. The molecule has 1 fully saturated rings. The summed E-state index contributed by atoms with van der Waals surface area (Å²) in [5, 5.41) is 6.27. The number of hydrogen-bond donors (Lipinski definition) is 2. The average molecular weight is 523 g/mol. The van der Waals surface area contributed by atoms with E-state index in [1.165, 1.54) is 0 Å². The van der Waals surface area contributed by atoms with Crippen molar-refractivity contribution in [1.82, 2.24) is 4.90 Å². The Labute approximate surface area is 223 Å². The maximum Gasteiger partial charge on any atom is 0.323 e. The molecule has 3 aromatic rings. The lowest BCUT2D eigenvalue weighted by atomic mass is 10.1. The van der Waals surface area contributed by atoms with Crippen LogP contribution in [0, 0.1) is 6.92 Å². The summed E-state index contributed by atoms with van der Waals surface area (Å²) >= 11 is 6.20. The highest BCUT2D eigenvalue weighted by molar-refractivity contribution is 6.31. The van der Waals surface area contributed by atoms with Crippen molar-refractivity contribution in [3.05, 3.63) is 76.7 Å². The van der Waals surface area contributed by atoms with E-state index in [1.54, 1.807) is 24.5 Å². The van der Waals surface area contributed by atoms with Gasteiger partial charge in [0.15, 0.2) is 0 Å². The van der Waals surface area contributed by atoms with E-state index in [4.69, 9.17) is 16.0 Å². The molecule has 37 heavy (non-hydrogen) atoms. The van der Waals surface area contributed by atoms with E-state index in [0.717, 1.165) is 68.7 Å². The van der Waals surface area contributed by atoms with E-state index in [2.05, 4.69) is 22.5 Å². The molecule has 1 saturated heterocycles. The van der Waals surface area contributed by atoms with E-state index >= 15 is 0 Å². The first-order chi connectivity index (χ1) is 17.9. The fourth-order valence-electron chi connectivity index (χ4n) is 4.52. The Balaban J connectivity index is 1.61. The summed E-state index contributed by atoms with van der Waals surface area (Å²) in [5.74, 6) is 0.829. The number of amides is 3. The van der Waals surface area contributed by atoms with Crippen LogP contribution in [0.2, 0.25) is 5.02 Å². The monoisotopic (exact) mass is 522 g/mol. The Bertz CT molecular complexity index is 1210. The third kappa shape index (κ3) is 7.07. The van der Waals surface area contributed by atoms with Gasteiger partial charge in [-0.25, -0.2) is 4.79 Å². The minimum absolute atomic E-state index is 0.00924. The lowest BCUT2D eigenvalue weighted by Gasteiger charge is -2.31. The highest BCUT2D eigenvalue weighted by Gasteiger charge is 2.24. The molecule has 7 nitrogen and oxygen atoms in total. The minimum Gasteiger partial charge on any atom is -0.467 e. The van der Waals surface area contributed by atoms with E-state index in [0.29, 0.717) is 28.5 Å². The maximum absolute atomic E-state index is 13.7. The molecule has 0 saturated carbocycles. The van der Waals surface area contributed by atoms with Gasteiger partial charge in [-0.3, -0.25) is 4.79 Å². The number of aryl methyl sites for hydroxylation is 1. The standard InChI is InChI=1S/C29H35ClN4O3/c1-3-4-14-34(20-24-9-8-17-37-24)27-13-12-22(18-25(27)28(35)33-15-6-5-7-16-33)31-29(36)32-23-11-10-21(2)26(30)19-23/h8-13,17-19H,3-7,14-16,20H2,1-2H3,(H2,31,32,36). The molecule has 4 rings (SSSR count). The molecule has 3 amide bonds. The fourth-order valence-corrected chi connectivity index (χ4v) is 4.70. The summed E-state index contributed by atoms with van der Waals surface area (Å²) in [4.78, 5) is 30.6. The number of urea groups is 1. The molecule has 8 heteroatoms. The van der Waals surface area contributed by atoms with Gasteiger partial charge < -0.3 is 24.9 Å². The number of nitrogens with one attached hydrogen (secondary N) is 2. The molecule has 2 aromatic carbocycles. The van der Waals surface area contributed by atoms with Gasteiger partial charge in [-0.05, 0) is 80.6 Å². The molecule has 1 aliphatic heterocycles. The summed E-state index contributed by atoms with van der Waals surface area (Å²) in [6.07, 6.45) is 6.84. The second-order valence-corrected chi connectivity index (χ2v) is 9.89. The van der Waals surface area contributed by atoms with Crippen LogP contribution in [0.15, 0.2) is 59.2 Å². The van der Waals surface area contributed by atoms with Crippen molar-refractivity contribution in [3.8, 4) is 0 Å². The zero-order valence-corrected chi connectivity index (χ0v) is 22.3. The van der Waals surface area contributed by atoms with Gasteiger partial charge in [-0.1, -0.05) is 31.0 Å². The van der Waals surface area contributed by atoms with Crippen LogP contribution < -0.4 is 15.5 Å². The highest BCUT2D eigenvalue weighted by Crippen LogP contribution is 2.29. The number of anilines is 3. The molecular formula is C29H35ClN4O3. The van der Waals surface area contributed by atoms with E-state index in [1.807, 2.05) is 42.2 Å². The van der Waals surface area contributed by atoms with Gasteiger partial charge in [0, 0.05) is 36.0 Å². The van der Waals surface area contributed by atoms with E-state index < -0.39 is 6.03 Å². The van der Waals surface area contributed by atoms with Crippen LogP contribution in [0.1, 0.15) is 60.7 Å². The van der Waals surface area contributed by atoms with Crippen molar-refractivity contribution >= 4 is 40.6 Å². The van der Waals surface area contributed by atoms with Crippen LogP contribution in [0.5, 0.6) is 0 Å². The lowest BCUT2D eigenvalue weighted by Crippen LogP contribution is -2.37. The summed E-state index contributed by atoms with van der Waals surface area (Å²) in [6, 6.07) is 14.3. The summed E-state index contributed by atoms with van der Waals surface area (Å²) in [6.45, 7) is 6.91. The lowest BCUT2D eigenvalue weighted by molar-refractivity contribution is 0.0725. The van der Waals surface area contributed by atoms with Crippen molar-refractivity contribution in [2.24, 2.45) is 0 Å². The number of likely N-dealkylation sites (tertiary alicyclic amines) is 1. The zero-order valence-electron chi connectivity index (χ0n) is 21.6. The number of hydrogen-bond acceptors (Lipinski definition) is 4. The molecule has 0 unspecified atom stereocenters. The Morgan fingerprint density at radius 1 is 1.03 bits per heavy atom. The first kappa shape index (κ1) is 26.6. The molecule has 2 heterocycles. The molecule has 0 aliphatic carbocycles. The van der Waals surface area contributed by atoms with Gasteiger partial charge >= 0.3 is 6.03 Å². The SMILES string of the molecule is CCCCN(Cc1ccco1)c1ccc(NC(=O)Nc2ccc(C)c(Cl)c2)cc1C(=O)N1CCCCC1. The Morgan fingerprint density at radius 2 is 1.76 bits per heavy atom. The summed E-state index contributed by atoms with van der Waals surface area (Å²) in [7, 11) is 0. The number of carbonyl (C=O) groups is 2. The molecule has 2 N–H and O–H groups in total. The number of nitrogens with zero attached hydrogens (tertiary/aromatic N) is 2. The number of carbonyl (C=O) groups excluding carboxylic acids is 2. The van der Waals surface area contributed by atoms with E-state index in [-0.39, 0.29) is 5.91 Å². The topological polar surface area (TPSA) is 77.8 Å². The third-order valence-corrected chi connectivity index (χ3v) is 7.01. The predicted molar refractivity (Wildman–Crippen MR) is 150 cm³/mol. The van der Waals surface area contributed by atoms with Crippen LogP contribution >= 0.6 is 11.6 Å². The summed E-state index contributed by atoms with van der Waals surface area (Å²) in [5.41, 5.74) is 3.51. The quantitative estimate of drug-likeness (QED) is 0.308. The van der Waals surface area contributed by atoms with Crippen molar-refractivity contribution < 1.29 is 14.0 Å². The van der Waals surface area contributed by atoms with Gasteiger partial charge in [0.05, 0.1) is 24.1 Å². The molecule has 0 spiro atoms. The largest absolute Gasteiger partial charge is 0.467 e. The maximum atomic E-state index is 13.7. The molecule has 0 atom stereocenters. The second kappa shape index (κ2) is 12.7. The van der Waals surface area contributed by atoms with Crippen molar-refractivity contribution in [2.75, 3.05) is 35.2 Å². The number of benzene rings is 2. The normalized spacial score (nSPS) is 13.3. The molecular weight excluding hydrogens is 488 g/mol. The van der Waals surface area contributed by atoms with Gasteiger partial charge in [0.25, 0.3) is 5.91 Å². The second-order valence-electron chi connectivity index (χ2n) is 9.48. The third-order valence-electron chi connectivity index (χ3n) is 6.61. The summed E-state index contributed by atoms with van der Waals surface area (Å²) < 4.78 is 5.62. The molecule has 1 aliphatic rings. The number of rotatable bonds is 9. The first-order valence-corrected chi connectivity index (χ1v) is 13.4. The number of piperidine rings is 1. The van der Waals surface area contributed by atoms with Crippen LogP contribution in [0.3, 0.4) is 0 Å². The van der Waals surface area contributed by atoms with Crippen LogP contribution in [0.4, 0.5) is 21.9 Å². The van der Waals surface area contributed by atoms with Crippen LogP contribution in [-0.2, 0) is 6.54 Å². The number of furan rings is 1. The highest BCUT2D eigenvalue weighted by atomic mass is 35.5. The smallest absolute Gasteiger partial charge is 0.323 e. The number of halogens is 1. The molecule has 0 radical (unpaired) electrons. The minimum atomic E-state index is -0.400.